The topological polar surface area (TPSA) is 56.4 Å². The van der Waals surface area contributed by atoms with Crippen LogP contribution in [-0.4, -0.2) is 10.7 Å². The van der Waals surface area contributed by atoms with Crippen LogP contribution in [0.4, 0.5) is 0 Å². The zero-order chi connectivity index (χ0) is 18.0. The molecule has 0 radical (unpaired) electrons. The number of hydrogen-bond acceptors (Lipinski definition) is 4. The van der Waals surface area contributed by atoms with Crippen molar-refractivity contribution in [2.24, 2.45) is 7.05 Å². The minimum absolute atomic E-state index is 0.143. The predicted molar refractivity (Wildman–Crippen MR) is 98.9 cm³/mol. The van der Waals surface area contributed by atoms with Gasteiger partial charge in [-0.05, 0) is 50.1 Å². The van der Waals surface area contributed by atoms with Crippen molar-refractivity contribution in [3.63, 3.8) is 0 Å². The fraction of sp³-hybridized carbons (Fsp3) is 0.350. The molecule has 5 nitrogen and oxygen atoms in total. The number of nitrogens with one attached hydrogen (secondary N) is 1. The smallest absolute Gasteiger partial charge is 0.419 e. The molecule has 3 rings (SSSR count). The molecule has 2 aromatic carbocycles. The van der Waals surface area contributed by atoms with E-state index in [2.05, 4.69) is 30.4 Å². The monoisotopic (exact) mass is 340 g/mol. The lowest BCUT2D eigenvalue weighted by Crippen LogP contribution is -2.15. The molecule has 3 aromatic rings. The highest BCUT2D eigenvalue weighted by molar-refractivity contribution is 5.73. The maximum atomic E-state index is 11.6. The largest absolute Gasteiger partial charge is 0.491 e. The van der Waals surface area contributed by atoms with Crippen molar-refractivity contribution in [1.29, 1.82) is 0 Å². The van der Waals surface area contributed by atoms with Gasteiger partial charge in [-0.15, -0.1) is 0 Å². The van der Waals surface area contributed by atoms with Crippen molar-refractivity contribution in [2.45, 2.75) is 40.0 Å². The third-order valence-corrected chi connectivity index (χ3v) is 4.09. The van der Waals surface area contributed by atoms with Crippen molar-refractivity contribution in [2.75, 3.05) is 0 Å². The Balaban J connectivity index is 1.70. The van der Waals surface area contributed by atoms with Gasteiger partial charge in [0.15, 0.2) is 5.58 Å². The van der Waals surface area contributed by atoms with Crippen LogP contribution in [0.2, 0.25) is 0 Å². The number of rotatable bonds is 6. The molecule has 0 aliphatic heterocycles. The lowest BCUT2D eigenvalue weighted by atomic mass is 10.1. The Morgan fingerprint density at radius 3 is 2.72 bits per heavy atom. The highest BCUT2D eigenvalue weighted by Crippen LogP contribution is 2.22. The molecule has 1 heterocycles. The molecule has 0 amide bonds. The summed E-state index contributed by atoms with van der Waals surface area (Å²) in [7, 11) is 1.71. The van der Waals surface area contributed by atoms with Crippen LogP contribution in [0.15, 0.2) is 45.6 Å². The highest BCUT2D eigenvalue weighted by atomic mass is 16.5. The van der Waals surface area contributed by atoms with E-state index in [0.717, 1.165) is 22.4 Å². The van der Waals surface area contributed by atoms with Crippen LogP contribution >= 0.6 is 0 Å². The van der Waals surface area contributed by atoms with E-state index >= 15 is 0 Å². The van der Waals surface area contributed by atoms with Crippen molar-refractivity contribution >= 4 is 11.1 Å². The van der Waals surface area contributed by atoms with Crippen LogP contribution in [-0.2, 0) is 20.1 Å². The lowest BCUT2D eigenvalue weighted by Gasteiger charge is -2.15. The standard InChI is InChI=1S/C20H24N2O3/c1-13(2)24-18-9-14(3)5-7-16(18)12-21-11-15-6-8-17-19(10-15)25-20(23)22(17)4/h5-10,13,21H,11-12H2,1-4H3. The van der Waals surface area contributed by atoms with Gasteiger partial charge >= 0.3 is 5.76 Å². The number of benzene rings is 2. The minimum Gasteiger partial charge on any atom is -0.491 e. The molecule has 132 valence electrons. The fourth-order valence-corrected chi connectivity index (χ4v) is 2.80. The summed E-state index contributed by atoms with van der Waals surface area (Å²) in [4.78, 5) is 11.6. The van der Waals surface area contributed by atoms with Gasteiger partial charge in [-0.3, -0.25) is 4.57 Å². The summed E-state index contributed by atoms with van der Waals surface area (Å²) in [5.74, 6) is 0.585. The SMILES string of the molecule is Cc1ccc(CNCc2ccc3c(c2)oc(=O)n3C)c(OC(C)C)c1. The van der Waals surface area contributed by atoms with Crippen molar-refractivity contribution in [3.8, 4) is 5.75 Å². The molecule has 0 spiro atoms. The molecule has 0 saturated carbocycles. The van der Waals surface area contributed by atoms with E-state index in [1.54, 1.807) is 7.05 Å². The van der Waals surface area contributed by atoms with E-state index in [0.29, 0.717) is 18.7 Å². The van der Waals surface area contributed by atoms with Gasteiger partial charge in [0.05, 0.1) is 11.6 Å². The molecule has 1 aromatic heterocycles. The van der Waals surface area contributed by atoms with Crippen LogP contribution in [0.1, 0.15) is 30.5 Å². The number of ether oxygens (including phenoxy) is 1. The van der Waals surface area contributed by atoms with Crippen LogP contribution in [0.25, 0.3) is 11.1 Å². The van der Waals surface area contributed by atoms with Gasteiger partial charge < -0.3 is 14.5 Å². The summed E-state index contributed by atoms with van der Waals surface area (Å²) in [6.07, 6.45) is 0.143. The molecule has 25 heavy (non-hydrogen) atoms. The van der Waals surface area contributed by atoms with E-state index in [1.165, 1.54) is 10.1 Å². The van der Waals surface area contributed by atoms with Gasteiger partial charge in [0.2, 0.25) is 0 Å². The first-order valence-corrected chi connectivity index (χ1v) is 8.49. The van der Waals surface area contributed by atoms with E-state index in [1.807, 2.05) is 32.0 Å². The number of aryl methyl sites for hydroxylation is 2. The second kappa shape index (κ2) is 7.15. The Hall–Kier alpha value is -2.53. The zero-order valence-corrected chi connectivity index (χ0v) is 15.1. The maximum Gasteiger partial charge on any atom is 0.419 e. The molecule has 0 atom stereocenters. The first kappa shape index (κ1) is 17.3. The lowest BCUT2D eigenvalue weighted by molar-refractivity contribution is 0.239. The fourth-order valence-electron chi connectivity index (χ4n) is 2.80. The molecule has 5 heteroatoms. The van der Waals surface area contributed by atoms with Gasteiger partial charge in [-0.25, -0.2) is 4.79 Å². The molecule has 1 N–H and O–H groups in total. The zero-order valence-electron chi connectivity index (χ0n) is 15.1. The second-order valence-corrected chi connectivity index (χ2v) is 6.61. The summed E-state index contributed by atoms with van der Waals surface area (Å²) in [5, 5.41) is 3.43. The third kappa shape index (κ3) is 3.94. The van der Waals surface area contributed by atoms with Crippen molar-refractivity contribution in [1.82, 2.24) is 9.88 Å². The number of fused-ring (bicyclic) bond motifs is 1. The van der Waals surface area contributed by atoms with Gasteiger partial charge in [-0.1, -0.05) is 18.2 Å². The molecule has 0 fully saturated rings. The Morgan fingerprint density at radius 2 is 1.96 bits per heavy atom. The molecule has 0 bridgehead atoms. The number of hydrogen-bond donors (Lipinski definition) is 1. The van der Waals surface area contributed by atoms with Crippen molar-refractivity contribution < 1.29 is 9.15 Å². The first-order chi connectivity index (χ1) is 11.9. The minimum atomic E-state index is -0.338. The van der Waals surface area contributed by atoms with E-state index in [9.17, 15) is 4.79 Å². The molecule has 0 saturated heterocycles. The Bertz CT molecular complexity index is 938. The average Bonchev–Trinajstić information content (AvgIpc) is 2.83. The summed E-state index contributed by atoms with van der Waals surface area (Å²) in [6, 6.07) is 12.1. The van der Waals surface area contributed by atoms with Gasteiger partial charge in [0, 0.05) is 25.7 Å². The average molecular weight is 340 g/mol. The van der Waals surface area contributed by atoms with E-state index in [-0.39, 0.29) is 11.9 Å². The summed E-state index contributed by atoms with van der Waals surface area (Å²) >= 11 is 0. The number of oxazole rings is 1. The molecule has 0 aliphatic carbocycles. The predicted octanol–water partition coefficient (Wildman–Crippen LogP) is 3.52. The molecule has 0 unspecified atom stereocenters. The van der Waals surface area contributed by atoms with Crippen LogP contribution in [0.5, 0.6) is 5.75 Å². The van der Waals surface area contributed by atoms with Gasteiger partial charge in [0.25, 0.3) is 0 Å². The van der Waals surface area contributed by atoms with Crippen LogP contribution in [0.3, 0.4) is 0 Å². The van der Waals surface area contributed by atoms with Crippen LogP contribution in [0, 0.1) is 6.92 Å². The Morgan fingerprint density at radius 1 is 1.16 bits per heavy atom. The first-order valence-electron chi connectivity index (χ1n) is 8.49. The summed E-state index contributed by atoms with van der Waals surface area (Å²) in [6.45, 7) is 7.51. The third-order valence-electron chi connectivity index (χ3n) is 4.09. The molecular formula is C20H24N2O3. The second-order valence-electron chi connectivity index (χ2n) is 6.61. The quantitative estimate of drug-likeness (QED) is 0.746. The van der Waals surface area contributed by atoms with Crippen molar-refractivity contribution in [3.05, 3.63) is 63.6 Å². The van der Waals surface area contributed by atoms with Gasteiger partial charge in [0.1, 0.15) is 5.75 Å². The summed E-state index contributed by atoms with van der Waals surface area (Å²) < 4.78 is 12.7. The number of aromatic nitrogens is 1. The van der Waals surface area contributed by atoms with E-state index < -0.39 is 0 Å². The van der Waals surface area contributed by atoms with Gasteiger partial charge in [-0.2, -0.15) is 0 Å². The highest BCUT2D eigenvalue weighted by Gasteiger charge is 2.08. The molecular weight excluding hydrogens is 316 g/mol. The Labute approximate surface area is 147 Å². The Kier molecular flexibility index (Phi) is 4.95. The summed E-state index contributed by atoms with van der Waals surface area (Å²) in [5.41, 5.74) is 4.81. The van der Waals surface area contributed by atoms with Crippen LogP contribution < -0.4 is 15.8 Å². The normalized spacial score (nSPS) is 11.4. The number of nitrogens with zero attached hydrogens (tertiary/aromatic N) is 1. The maximum absolute atomic E-state index is 11.6. The molecule has 0 aliphatic rings. The van der Waals surface area contributed by atoms with E-state index in [4.69, 9.17) is 9.15 Å².